The number of hydrogen-bond donors (Lipinski definition) is 0. The Morgan fingerprint density at radius 1 is 0.923 bits per heavy atom. The molecular formula is C21H21F3OS. The number of thioether (sulfide) groups is 1. The maximum absolute atomic E-state index is 13.0. The van der Waals surface area contributed by atoms with Gasteiger partial charge in [-0.25, -0.2) is 0 Å². The number of benzene rings is 2. The smallest absolute Gasteiger partial charge is 0.446 e. The topological polar surface area (TPSA) is 9.23 Å². The molecule has 1 aliphatic heterocycles. The highest BCUT2D eigenvalue weighted by molar-refractivity contribution is 8.04. The Morgan fingerprint density at radius 2 is 1.54 bits per heavy atom. The second-order valence-electron chi connectivity index (χ2n) is 7.35. The van der Waals surface area contributed by atoms with Crippen molar-refractivity contribution in [2.75, 3.05) is 0 Å². The lowest BCUT2D eigenvalue weighted by Crippen LogP contribution is -2.11. The molecule has 5 heteroatoms. The third-order valence-electron chi connectivity index (χ3n) is 4.31. The van der Waals surface area contributed by atoms with E-state index in [-0.39, 0.29) is 28.5 Å². The molecule has 0 aliphatic carbocycles. The number of rotatable bonds is 3. The molecule has 0 fully saturated rings. The van der Waals surface area contributed by atoms with Gasteiger partial charge in [0.25, 0.3) is 0 Å². The molecule has 0 radical (unpaired) electrons. The lowest BCUT2D eigenvalue weighted by atomic mass is 9.86. The first-order valence-corrected chi connectivity index (χ1v) is 9.26. The SMILES string of the molecule is CC(C)(C)c1ccc(C2CC(SC(F)(F)F)=C(c3ccccc3)O2)cc1. The summed E-state index contributed by atoms with van der Waals surface area (Å²) < 4.78 is 44.9. The van der Waals surface area contributed by atoms with Crippen molar-refractivity contribution in [1.29, 1.82) is 0 Å². The summed E-state index contributed by atoms with van der Waals surface area (Å²) in [5.74, 6) is 0.331. The predicted octanol–water partition coefficient (Wildman–Crippen LogP) is 7.07. The van der Waals surface area contributed by atoms with Gasteiger partial charge in [-0.05, 0) is 28.3 Å². The third kappa shape index (κ3) is 4.44. The van der Waals surface area contributed by atoms with Crippen LogP contribution in [0, 0.1) is 0 Å². The van der Waals surface area contributed by atoms with Crippen LogP contribution in [0.25, 0.3) is 5.76 Å². The second kappa shape index (κ2) is 7.03. The minimum atomic E-state index is -4.33. The zero-order chi connectivity index (χ0) is 18.9. The van der Waals surface area contributed by atoms with E-state index in [0.717, 1.165) is 5.56 Å². The molecule has 0 amide bonds. The molecule has 3 rings (SSSR count). The Bertz CT molecular complexity index is 787. The molecule has 2 aromatic carbocycles. The van der Waals surface area contributed by atoms with E-state index in [9.17, 15) is 13.2 Å². The fourth-order valence-electron chi connectivity index (χ4n) is 2.94. The van der Waals surface area contributed by atoms with Crippen LogP contribution in [-0.4, -0.2) is 5.51 Å². The quantitative estimate of drug-likeness (QED) is 0.565. The normalized spacial score (nSPS) is 18.2. The summed E-state index contributed by atoms with van der Waals surface area (Å²) in [5, 5.41) is 0. The predicted molar refractivity (Wildman–Crippen MR) is 101 cm³/mol. The minimum absolute atomic E-state index is 0.0276. The summed E-state index contributed by atoms with van der Waals surface area (Å²) in [6.45, 7) is 6.38. The van der Waals surface area contributed by atoms with Gasteiger partial charge in [0.1, 0.15) is 11.9 Å². The van der Waals surface area contributed by atoms with Crippen molar-refractivity contribution >= 4 is 17.5 Å². The van der Waals surface area contributed by atoms with Gasteiger partial charge >= 0.3 is 5.51 Å². The van der Waals surface area contributed by atoms with Crippen LogP contribution in [0.3, 0.4) is 0 Å². The van der Waals surface area contributed by atoms with Crippen molar-refractivity contribution in [3.8, 4) is 0 Å². The van der Waals surface area contributed by atoms with Crippen molar-refractivity contribution in [3.05, 3.63) is 76.2 Å². The van der Waals surface area contributed by atoms with E-state index in [1.54, 1.807) is 24.3 Å². The molecule has 0 bridgehead atoms. The second-order valence-corrected chi connectivity index (χ2v) is 8.51. The van der Waals surface area contributed by atoms with Gasteiger partial charge in [0.15, 0.2) is 0 Å². The van der Waals surface area contributed by atoms with Crippen LogP contribution in [0.15, 0.2) is 59.5 Å². The zero-order valence-corrected chi connectivity index (χ0v) is 15.7. The van der Waals surface area contributed by atoms with Gasteiger partial charge in [0.2, 0.25) is 0 Å². The molecule has 2 aromatic rings. The van der Waals surface area contributed by atoms with E-state index >= 15 is 0 Å². The minimum Gasteiger partial charge on any atom is -0.484 e. The van der Waals surface area contributed by atoms with E-state index in [1.165, 1.54) is 5.56 Å². The van der Waals surface area contributed by atoms with Crippen molar-refractivity contribution in [1.82, 2.24) is 0 Å². The van der Waals surface area contributed by atoms with E-state index in [2.05, 4.69) is 20.8 Å². The Morgan fingerprint density at radius 3 is 2.08 bits per heavy atom. The van der Waals surface area contributed by atoms with Gasteiger partial charge in [0.05, 0.1) is 0 Å². The summed E-state index contributed by atoms with van der Waals surface area (Å²) in [6, 6.07) is 16.9. The number of alkyl halides is 3. The summed E-state index contributed by atoms with van der Waals surface area (Å²) in [4.78, 5) is 0.230. The van der Waals surface area contributed by atoms with Gasteiger partial charge in [-0.2, -0.15) is 13.2 Å². The Balaban J connectivity index is 1.87. The standard InChI is InChI=1S/C21H21F3OS/c1-20(2,3)16-11-9-14(10-12-16)17-13-18(26-21(22,23)24)19(25-17)15-7-5-4-6-8-15/h4-12,17H,13H2,1-3H3. The van der Waals surface area contributed by atoms with Gasteiger partial charge in [-0.3, -0.25) is 0 Å². The van der Waals surface area contributed by atoms with Crippen LogP contribution in [0.5, 0.6) is 0 Å². The van der Waals surface area contributed by atoms with E-state index in [1.807, 2.05) is 30.3 Å². The molecule has 1 heterocycles. The molecule has 0 N–H and O–H groups in total. The highest BCUT2D eigenvalue weighted by atomic mass is 32.2. The Kier molecular flexibility index (Phi) is 5.11. The van der Waals surface area contributed by atoms with Gasteiger partial charge in [0, 0.05) is 16.9 Å². The van der Waals surface area contributed by atoms with Crippen LogP contribution >= 0.6 is 11.8 Å². The molecule has 0 aromatic heterocycles. The van der Waals surface area contributed by atoms with E-state index < -0.39 is 11.6 Å². The highest BCUT2D eigenvalue weighted by Crippen LogP contribution is 2.50. The highest BCUT2D eigenvalue weighted by Gasteiger charge is 2.37. The van der Waals surface area contributed by atoms with Crippen LogP contribution < -0.4 is 0 Å². The molecule has 1 aliphatic rings. The average Bonchev–Trinajstić information content (AvgIpc) is 2.97. The monoisotopic (exact) mass is 378 g/mol. The van der Waals surface area contributed by atoms with Crippen LogP contribution in [0.2, 0.25) is 0 Å². The Hall–Kier alpha value is -1.88. The molecule has 0 saturated heterocycles. The lowest BCUT2D eigenvalue weighted by Gasteiger charge is -2.20. The molecule has 0 saturated carbocycles. The fraction of sp³-hybridized carbons (Fsp3) is 0.333. The molecule has 1 nitrogen and oxygen atoms in total. The first-order chi connectivity index (χ1) is 12.1. The van der Waals surface area contributed by atoms with E-state index in [0.29, 0.717) is 11.3 Å². The zero-order valence-electron chi connectivity index (χ0n) is 14.9. The first kappa shape index (κ1) is 18.9. The Labute approximate surface area is 156 Å². The number of hydrogen-bond acceptors (Lipinski definition) is 2. The molecule has 138 valence electrons. The third-order valence-corrected chi connectivity index (χ3v) is 5.14. The summed E-state index contributed by atoms with van der Waals surface area (Å²) in [6.07, 6.45) is -0.174. The van der Waals surface area contributed by atoms with Gasteiger partial charge in [-0.1, -0.05) is 75.4 Å². The summed E-state index contributed by atoms with van der Waals surface area (Å²) in [5.41, 5.74) is -1.55. The molecule has 0 spiro atoms. The van der Waals surface area contributed by atoms with Crippen molar-refractivity contribution in [2.45, 2.75) is 44.2 Å². The van der Waals surface area contributed by atoms with E-state index in [4.69, 9.17) is 4.74 Å². The molecule has 1 atom stereocenters. The lowest BCUT2D eigenvalue weighted by molar-refractivity contribution is -0.0322. The first-order valence-electron chi connectivity index (χ1n) is 8.45. The maximum atomic E-state index is 13.0. The maximum Gasteiger partial charge on any atom is 0.446 e. The van der Waals surface area contributed by atoms with Crippen LogP contribution in [0.1, 0.15) is 50.0 Å². The van der Waals surface area contributed by atoms with Crippen molar-refractivity contribution in [3.63, 3.8) is 0 Å². The number of ether oxygens (including phenoxy) is 1. The van der Waals surface area contributed by atoms with Gasteiger partial charge in [-0.15, -0.1) is 0 Å². The van der Waals surface area contributed by atoms with Crippen LogP contribution in [0.4, 0.5) is 13.2 Å². The summed E-state index contributed by atoms with van der Waals surface area (Å²) in [7, 11) is 0. The van der Waals surface area contributed by atoms with Crippen molar-refractivity contribution in [2.24, 2.45) is 0 Å². The van der Waals surface area contributed by atoms with Crippen molar-refractivity contribution < 1.29 is 17.9 Å². The molecule has 1 unspecified atom stereocenters. The molecular weight excluding hydrogens is 357 g/mol. The fourth-order valence-corrected chi connectivity index (χ4v) is 3.71. The summed E-state index contributed by atoms with van der Waals surface area (Å²) >= 11 is -0.0723. The van der Waals surface area contributed by atoms with Crippen LogP contribution in [-0.2, 0) is 10.2 Å². The largest absolute Gasteiger partial charge is 0.484 e. The average molecular weight is 378 g/mol. The molecule has 26 heavy (non-hydrogen) atoms. The van der Waals surface area contributed by atoms with Gasteiger partial charge < -0.3 is 4.74 Å². The number of halogens is 3.